The molecule has 0 aliphatic carbocycles. The van der Waals surface area contributed by atoms with Crippen LogP contribution in [0.4, 0.5) is 5.69 Å². The third-order valence-corrected chi connectivity index (χ3v) is 5.04. The number of carbonyl (C=O) groups excluding carboxylic acids is 1. The highest BCUT2D eigenvalue weighted by molar-refractivity contribution is 9.10. The van der Waals surface area contributed by atoms with Crippen LogP contribution in [0.3, 0.4) is 0 Å². The second kappa shape index (κ2) is 8.59. The summed E-state index contributed by atoms with van der Waals surface area (Å²) in [5.74, 6) is 1.00. The van der Waals surface area contributed by atoms with Gasteiger partial charge in [0.25, 0.3) is 5.91 Å². The van der Waals surface area contributed by atoms with Gasteiger partial charge >= 0.3 is 0 Å². The summed E-state index contributed by atoms with van der Waals surface area (Å²) in [6.07, 6.45) is 0.900. The van der Waals surface area contributed by atoms with Crippen LogP contribution in [-0.4, -0.2) is 22.6 Å². The number of oxazole rings is 1. The van der Waals surface area contributed by atoms with Gasteiger partial charge in [0.05, 0.1) is 11.1 Å². The molecule has 1 heterocycles. The van der Waals surface area contributed by atoms with Crippen molar-refractivity contribution in [3.63, 3.8) is 0 Å². The minimum absolute atomic E-state index is 0.143. The average molecular weight is 467 g/mol. The largest absolute Gasteiger partial charge is 0.507 e. The molecule has 0 atom stereocenters. The average Bonchev–Trinajstić information content (AvgIpc) is 3.18. The van der Waals surface area contributed by atoms with E-state index in [0.717, 1.165) is 12.0 Å². The zero-order chi connectivity index (χ0) is 21.1. The minimum Gasteiger partial charge on any atom is -0.507 e. The summed E-state index contributed by atoms with van der Waals surface area (Å²) in [7, 11) is 0. The van der Waals surface area contributed by atoms with Crippen LogP contribution in [0.15, 0.2) is 69.6 Å². The van der Waals surface area contributed by atoms with Gasteiger partial charge < -0.3 is 19.6 Å². The van der Waals surface area contributed by atoms with E-state index in [4.69, 9.17) is 9.15 Å². The Bertz CT molecular complexity index is 1220. The lowest BCUT2D eigenvalue weighted by atomic mass is 10.2. The molecule has 1 amide bonds. The first-order valence-corrected chi connectivity index (χ1v) is 10.3. The lowest BCUT2D eigenvalue weighted by Crippen LogP contribution is -2.12. The standard InChI is InChI=1S/C23H19BrN2O4/c1-2-10-29-17-5-3-4-14(11-17)22(28)25-16-7-9-21-19(13-16)26-23(30-21)15-6-8-20(27)18(24)12-15/h3-9,11-13,27H,2,10H2,1H3,(H,25,28). The Morgan fingerprint density at radius 2 is 2.03 bits per heavy atom. The Labute approximate surface area is 181 Å². The summed E-state index contributed by atoms with van der Waals surface area (Å²) < 4.78 is 12.0. The zero-order valence-corrected chi connectivity index (χ0v) is 17.8. The van der Waals surface area contributed by atoms with Gasteiger partial charge in [0.2, 0.25) is 5.89 Å². The van der Waals surface area contributed by atoms with Crippen molar-refractivity contribution in [2.75, 3.05) is 11.9 Å². The molecule has 0 bridgehead atoms. The molecule has 3 aromatic carbocycles. The quantitative estimate of drug-likeness (QED) is 0.363. The summed E-state index contributed by atoms with van der Waals surface area (Å²) in [4.78, 5) is 17.1. The Hall–Kier alpha value is -3.32. The molecule has 0 saturated carbocycles. The van der Waals surface area contributed by atoms with E-state index in [1.54, 1.807) is 54.6 Å². The number of carbonyl (C=O) groups is 1. The molecule has 1 aromatic heterocycles. The van der Waals surface area contributed by atoms with Crippen molar-refractivity contribution in [2.45, 2.75) is 13.3 Å². The summed E-state index contributed by atoms with van der Waals surface area (Å²) >= 11 is 3.29. The summed E-state index contributed by atoms with van der Waals surface area (Å²) in [6, 6.07) is 17.4. The van der Waals surface area contributed by atoms with Crippen molar-refractivity contribution in [1.29, 1.82) is 0 Å². The first-order valence-electron chi connectivity index (χ1n) is 9.47. The molecule has 0 aliphatic heterocycles. The van der Waals surface area contributed by atoms with Crippen LogP contribution < -0.4 is 10.1 Å². The van der Waals surface area contributed by atoms with Crippen LogP contribution in [0.1, 0.15) is 23.7 Å². The van der Waals surface area contributed by atoms with E-state index < -0.39 is 0 Å². The number of aromatic nitrogens is 1. The third kappa shape index (κ3) is 4.31. The van der Waals surface area contributed by atoms with Crippen LogP contribution in [0.25, 0.3) is 22.6 Å². The SMILES string of the molecule is CCCOc1cccc(C(=O)Nc2ccc3oc(-c4ccc(O)c(Br)c4)nc3c2)c1. The number of rotatable bonds is 6. The molecule has 7 heteroatoms. The van der Waals surface area contributed by atoms with E-state index >= 15 is 0 Å². The summed E-state index contributed by atoms with van der Waals surface area (Å²) in [6.45, 7) is 2.64. The first-order chi connectivity index (χ1) is 14.5. The molecule has 152 valence electrons. The van der Waals surface area contributed by atoms with Crippen molar-refractivity contribution in [2.24, 2.45) is 0 Å². The number of amides is 1. The van der Waals surface area contributed by atoms with E-state index in [2.05, 4.69) is 26.2 Å². The lowest BCUT2D eigenvalue weighted by Gasteiger charge is -2.08. The van der Waals surface area contributed by atoms with Gasteiger partial charge in [-0.1, -0.05) is 13.0 Å². The fourth-order valence-electron chi connectivity index (χ4n) is 2.92. The molecule has 2 N–H and O–H groups in total. The predicted molar refractivity (Wildman–Crippen MR) is 119 cm³/mol. The Morgan fingerprint density at radius 1 is 1.17 bits per heavy atom. The van der Waals surface area contributed by atoms with Crippen molar-refractivity contribution in [3.05, 3.63) is 70.7 Å². The van der Waals surface area contributed by atoms with Gasteiger partial charge in [-0.05, 0) is 76.9 Å². The number of hydrogen-bond acceptors (Lipinski definition) is 5. The smallest absolute Gasteiger partial charge is 0.255 e. The Kier molecular flexibility index (Phi) is 5.72. The number of halogens is 1. The van der Waals surface area contributed by atoms with Gasteiger partial charge in [0.1, 0.15) is 17.0 Å². The second-order valence-electron chi connectivity index (χ2n) is 6.70. The normalized spacial score (nSPS) is 10.9. The van der Waals surface area contributed by atoms with Gasteiger partial charge in [0.15, 0.2) is 5.58 Å². The zero-order valence-electron chi connectivity index (χ0n) is 16.2. The van der Waals surface area contributed by atoms with Crippen LogP contribution in [0, 0.1) is 0 Å². The molecule has 0 radical (unpaired) electrons. The number of fused-ring (bicyclic) bond motifs is 1. The molecular formula is C23H19BrN2O4. The van der Waals surface area contributed by atoms with Crippen LogP contribution in [0.2, 0.25) is 0 Å². The maximum atomic E-state index is 12.6. The highest BCUT2D eigenvalue weighted by Crippen LogP contribution is 2.31. The summed E-state index contributed by atoms with van der Waals surface area (Å²) in [5, 5.41) is 12.5. The maximum absolute atomic E-state index is 12.6. The van der Waals surface area contributed by atoms with Crippen LogP contribution in [0.5, 0.6) is 11.5 Å². The predicted octanol–water partition coefficient (Wildman–Crippen LogP) is 6.00. The van der Waals surface area contributed by atoms with E-state index in [1.165, 1.54) is 0 Å². The van der Waals surface area contributed by atoms with Gasteiger partial charge in [-0.15, -0.1) is 0 Å². The van der Waals surface area contributed by atoms with E-state index in [0.29, 0.717) is 45.1 Å². The lowest BCUT2D eigenvalue weighted by molar-refractivity contribution is 0.102. The number of benzene rings is 3. The fraction of sp³-hybridized carbons (Fsp3) is 0.130. The third-order valence-electron chi connectivity index (χ3n) is 4.41. The number of anilines is 1. The Morgan fingerprint density at radius 3 is 2.83 bits per heavy atom. The van der Waals surface area contributed by atoms with Crippen LogP contribution in [-0.2, 0) is 0 Å². The van der Waals surface area contributed by atoms with Crippen molar-refractivity contribution < 1.29 is 19.1 Å². The number of ether oxygens (including phenoxy) is 1. The number of phenolic OH excluding ortho intramolecular Hbond substituents is 1. The molecule has 0 saturated heterocycles. The number of phenols is 1. The van der Waals surface area contributed by atoms with E-state index in [9.17, 15) is 9.90 Å². The number of nitrogens with one attached hydrogen (secondary N) is 1. The molecular weight excluding hydrogens is 448 g/mol. The molecule has 6 nitrogen and oxygen atoms in total. The summed E-state index contributed by atoms with van der Waals surface area (Å²) in [5.41, 5.74) is 3.07. The molecule has 4 aromatic rings. The maximum Gasteiger partial charge on any atom is 0.255 e. The number of nitrogens with zero attached hydrogens (tertiary/aromatic N) is 1. The van der Waals surface area contributed by atoms with Crippen molar-refractivity contribution in [3.8, 4) is 23.0 Å². The van der Waals surface area contributed by atoms with Gasteiger partial charge in [-0.3, -0.25) is 4.79 Å². The van der Waals surface area contributed by atoms with E-state index in [-0.39, 0.29) is 11.7 Å². The van der Waals surface area contributed by atoms with Gasteiger partial charge in [0, 0.05) is 16.8 Å². The highest BCUT2D eigenvalue weighted by atomic mass is 79.9. The van der Waals surface area contributed by atoms with Gasteiger partial charge in [-0.2, -0.15) is 0 Å². The minimum atomic E-state index is -0.234. The topological polar surface area (TPSA) is 84.6 Å². The molecule has 0 fully saturated rings. The fourth-order valence-corrected chi connectivity index (χ4v) is 3.30. The van der Waals surface area contributed by atoms with Crippen LogP contribution >= 0.6 is 15.9 Å². The second-order valence-corrected chi connectivity index (χ2v) is 7.55. The molecule has 30 heavy (non-hydrogen) atoms. The number of aromatic hydroxyl groups is 1. The highest BCUT2D eigenvalue weighted by Gasteiger charge is 2.12. The monoisotopic (exact) mass is 466 g/mol. The molecule has 0 unspecified atom stereocenters. The van der Waals surface area contributed by atoms with E-state index in [1.807, 2.05) is 13.0 Å². The Balaban J connectivity index is 1.55. The van der Waals surface area contributed by atoms with Crippen molar-refractivity contribution >= 4 is 38.6 Å². The first kappa shape index (κ1) is 20.0. The molecule has 0 spiro atoms. The van der Waals surface area contributed by atoms with Gasteiger partial charge in [-0.25, -0.2) is 4.98 Å². The molecule has 0 aliphatic rings. The number of hydrogen-bond donors (Lipinski definition) is 2. The van der Waals surface area contributed by atoms with Crippen molar-refractivity contribution in [1.82, 2.24) is 4.98 Å². The molecule has 4 rings (SSSR count).